The summed E-state index contributed by atoms with van der Waals surface area (Å²) in [5.41, 5.74) is 1.19. The van der Waals surface area contributed by atoms with E-state index in [4.69, 9.17) is 0 Å². The van der Waals surface area contributed by atoms with E-state index in [2.05, 4.69) is 16.3 Å². The van der Waals surface area contributed by atoms with Crippen LogP contribution in [-0.4, -0.2) is 48.8 Å². The lowest BCUT2D eigenvalue weighted by molar-refractivity contribution is 0.182. The average Bonchev–Trinajstić information content (AvgIpc) is 2.29. The molecule has 0 aromatic rings. The van der Waals surface area contributed by atoms with Crippen molar-refractivity contribution < 1.29 is 5.11 Å². The number of aliphatic hydroxyl groups excluding tert-OH is 1. The van der Waals surface area contributed by atoms with Crippen molar-refractivity contribution in [2.75, 3.05) is 32.7 Å². The minimum atomic E-state index is -0.198. The molecule has 0 bridgehead atoms. The summed E-state index contributed by atoms with van der Waals surface area (Å²) in [6, 6.07) is 0. The Kier molecular flexibility index (Phi) is 4.18. The van der Waals surface area contributed by atoms with Gasteiger partial charge in [-0.3, -0.25) is 4.90 Å². The first-order valence-electron chi connectivity index (χ1n) is 6.16. The molecule has 0 radical (unpaired) electrons. The van der Waals surface area contributed by atoms with Gasteiger partial charge in [-0.1, -0.05) is 12.5 Å². The predicted molar refractivity (Wildman–Crippen MR) is 61.9 cm³/mol. The third kappa shape index (κ3) is 3.30. The van der Waals surface area contributed by atoms with Gasteiger partial charge in [-0.15, -0.1) is 0 Å². The van der Waals surface area contributed by atoms with Crippen molar-refractivity contribution >= 4 is 0 Å². The highest BCUT2D eigenvalue weighted by molar-refractivity contribution is 5.13. The maximum absolute atomic E-state index is 9.77. The number of likely N-dealkylation sites (tertiary alicyclic amines) is 1. The van der Waals surface area contributed by atoms with Crippen LogP contribution in [0.1, 0.15) is 25.7 Å². The van der Waals surface area contributed by atoms with E-state index in [1.54, 1.807) is 0 Å². The van der Waals surface area contributed by atoms with Crippen LogP contribution in [0.25, 0.3) is 0 Å². The molecule has 0 aromatic heterocycles. The summed E-state index contributed by atoms with van der Waals surface area (Å²) in [6.45, 7) is 5.30. The monoisotopic (exact) mass is 210 g/mol. The van der Waals surface area contributed by atoms with Crippen LogP contribution in [0.15, 0.2) is 11.6 Å². The molecule has 2 N–H and O–H groups in total. The lowest BCUT2D eigenvalue weighted by Crippen LogP contribution is -2.35. The molecule has 0 spiro atoms. The smallest absolute Gasteiger partial charge is 0.0775 e. The van der Waals surface area contributed by atoms with Crippen molar-refractivity contribution in [1.82, 2.24) is 10.2 Å². The van der Waals surface area contributed by atoms with Crippen molar-refractivity contribution in [2.45, 2.75) is 31.8 Å². The predicted octanol–water partition coefficient (Wildman–Crippen LogP) is 0.753. The Labute approximate surface area is 92.2 Å². The number of aliphatic hydroxyl groups is 1. The van der Waals surface area contributed by atoms with Gasteiger partial charge in [0, 0.05) is 13.1 Å². The summed E-state index contributed by atoms with van der Waals surface area (Å²) in [5, 5.41) is 13.1. The molecular weight excluding hydrogens is 188 g/mol. The highest BCUT2D eigenvalue weighted by Crippen LogP contribution is 2.12. The Morgan fingerprint density at radius 3 is 2.87 bits per heavy atom. The molecule has 3 heteroatoms. The fraction of sp³-hybridized carbons (Fsp3) is 0.833. The van der Waals surface area contributed by atoms with Crippen LogP contribution < -0.4 is 5.32 Å². The van der Waals surface area contributed by atoms with Gasteiger partial charge in [0.25, 0.3) is 0 Å². The summed E-state index contributed by atoms with van der Waals surface area (Å²) >= 11 is 0. The first-order chi connectivity index (χ1) is 7.36. The number of hydrogen-bond donors (Lipinski definition) is 2. The van der Waals surface area contributed by atoms with Gasteiger partial charge < -0.3 is 10.4 Å². The maximum atomic E-state index is 9.77. The molecule has 2 rings (SSSR count). The summed E-state index contributed by atoms with van der Waals surface area (Å²) in [6.07, 6.45) is 6.95. The van der Waals surface area contributed by atoms with Crippen molar-refractivity contribution in [2.24, 2.45) is 0 Å². The highest BCUT2D eigenvalue weighted by Gasteiger charge is 2.15. The van der Waals surface area contributed by atoms with Crippen LogP contribution in [0.3, 0.4) is 0 Å². The second-order valence-electron chi connectivity index (χ2n) is 4.62. The molecular formula is C12H22N2O. The van der Waals surface area contributed by atoms with Crippen LogP contribution in [0.5, 0.6) is 0 Å². The normalized spacial score (nSPS) is 32.1. The van der Waals surface area contributed by atoms with E-state index < -0.39 is 0 Å². The standard InChI is InChI=1S/C12H22N2O/c15-12-4-6-13-10-11(12)5-9-14-7-2-1-3-8-14/h5,12-13,15H,1-4,6-10H2. The molecule has 2 saturated heterocycles. The van der Waals surface area contributed by atoms with E-state index in [0.717, 1.165) is 26.1 Å². The number of piperidine rings is 2. The van der Waals surface area contributed by atoms with E-state index in [1.807, 2.05) is 0 Å². The molecule has 0 aromatic carbocycles. The largest absolute Gasteiger partial charge is 0.389 e. The first-order valence-corrected chi connectivity index (χ1v) is 6.16. The maximum Gasteiger partial charge on any atom is 0.0775 e. The molecule has 0 aliphatic carbocycles. The Morgan fingerprint density at radius 1 is 1.33 bits per heavy atom. The number of hydrogen-bond acceptors (Lipinski definition) is 3. The Balaban J connectivity index is 1.80. The Morgan fingerprint density at radius 2 is 2.13 bits per heavy atom. The molecule has 3 nitrogen and oxygen atoms in total. The number of nitrogens with one attached hydrogen (secondary N) is 1. The van der Waals surface area contributed by atoms with E-state index >= 15 is 0 Å². The third-order valence-electron chi connectivity index (χ3n) is 3.41. The molecule has 0 amide bonds. The topological polar surface area (TPSA) is 35.5 Å². The molecule has 1 unspecified atom stereocenters. The van der Waals surface area contributed by atoms with Gasteiger partial charge >= 0.3 is 0 Å². The fourth-order valence-corrected chi connectivity index (χ4v) is 2.37. The fourth-order valence-electron chi connectivity index (χ4n) is 2.37. The van der Waals surface area contributed by atoms with E-state index in [-0.39, 0.29) is 6.10 Å². The molecule has 0 saturated carbocycles. The van der Waals surface area contributed by atoms with Gasteiger partial charge in [0.05, 0.1) is 6.10 Å². The van der Waals surface area contributed by atoms with Gasteiger partial charge in [0.1, 0.15) is 0 Å². The second-order valence-corrected chi connectivity index (χ2v) is 4.62. The summed E-state index contributed by atoms with van der Waals surface area (Å²) in [7, 11) is 0. The van der Waals surface area contributed by atoms with Crippen molar-refractivity contribution in [3.8, 4) is 0 Å². The van der Waals surface area contributed by atoms with Crippen LogP contribution >= 0.6 is 0 Å². The van der Waals surface area contributed by atoms with Gasteiger partial charge in [-0.05, 0) is 44.5 Å². The highest BCUT2D eigenvalue weighted by atomic mass is 16.3. The summed E-state index contributed by atoms with van der Waals surface area (Å²) in [4.78, 5) is 2.48. The lowest BCUT2D eigenvalue weighted by Gasteiger charge is -2.27. The van der Waals surface area contributed by atoms with E-state index in [9.17, 15) is 5.11 Å². The third-order valence-corrected chi connectivity index (χ3v) is 3.41. The van der Waals surface area contributed by atoms with Crippen molar-refractivity contribution in [3.63, 3.8) is 0 Å². The molecule has 1 atom stereocenters. The number of rotatable bonds is 2. The minimum absolute atomic E-state index is 0.198. The SMILES string of the molecule is OC1CCNCC1=CCN1CCCCC1. The molecule has 2 fully saturated rings. The van der Waals surface area contributed by atoms with Crippen LogP contribution in [-0.2, 0) is 0 Å². The zero-order valence-electron chi connectivity index (χ0n) is 9.41. The average molecular weight is 210 g/mol. The van der Waals surface area contributed by atoms with Crippen molar-refractivity contribution in [1.29, 1.82) is 0 Å². The zero-order chi connectivity index (χ0) is 10.5. The van der Waals surface area contributed by atoms with Gasteiger partial charge in [0.2, 0.25) is 0 Å². The van der Waals surface area contributed by atoms with E-state index in [1.165, 1.54) is 37.9 Å². The van der Waals surface area contributed by atoms with Gasteiger partial charge in [-0.2, -0.15) is 0 Å². The van der Waals surface area contributed by atoms with Gasteiger partial charge in [0.15, 0.2) is 0 Å². The summed E-state index contributed by atoms with van der Waals surface area (Å²) in [5.74, 6) is 0. The van der Waals surface area contributed by atoms with Crippen LogP contribution in [0.4, 0.5) is 0 Å². The second kappa shape index (κ2) is 5.64. The minimum Gasteiger partial charge on any atom is -0.389 e. The van der Waals surface area contributed by atoms with Gasteiger partial charge in [-0.25, -0.2) is 0 Å². The molecule has 2 heterocycles. The summed E-state index contributed by atoms with van der Waals surface area (Å²) < 4.78 is 0. The van der Waals surface area contributed by atoms with Crippen LogP contribution in [0, 0.1) is 0 Å². The first kappa shape index (κ1) is 11.1. The Bertz CT molecular complexity index is 222. The van der Waals surface area contributed by atoms with E-state index in [0.29, 0.717) is 0 Å². The number of nitrogens with zero attached hydrogens (tertiary/aromatic N) is 1. The molecule has 2 aliphatic heterocycles. The molecule has 15 heavy (non-hydrogen) atoms. The molecule has 2 aliphatic rings. The lowest BCUT2D eigenvalue weighted by atomic mass is 10.0. The zero-order valence-corrected chi connectivity index (χ0v) is 9.41. The van der Waals surface area contributed by atoms with Crippen LogP contribution in [0.2, 0.25) is 0 Å². The van der Waals surface area contributed by atoms with Crippen molar-refractivity contribution in [3.05, 3.63) is 11.6 Å². The quantitative estimate of drug-likeness (QED) is 0.660. The molecule has 86 valence electrons. The Hall–Kier alpha value is -0.380.